The van der Waals surface area contributed by atoms with Crippen molar-refractivity contribution in [3.8, 4) is 0 Å². The van der Waals surface area contributed by atoms with E-state index in [0.717, 1.165) is 10.5 Å². The van der Waals surface area contributed by atoms with E-state index in [9.17, 15) is 0 Å². The number of thioether (sulfide) groups is 1. The first kappa shape index (κ1) is 14.4. The molecule has 0 aromatic heterocycles. The molecule has 0 spiro atoms. The number of hydrogen-bond acceptors (Lipinski definition) is 1. The van der Waals surface area contributed by atoms with Gasteiger partial charge in [-0.2, -0.15) is 11.8 Å². The standard InChI is InChI=1S/C24H34S/c1-3-13-5-11(1)21-15-7-17(23(13)21)19(9-15)25-20-10-16-8-18(20)24-14-4-2-12(6-14)22(16)24/h11-24H,1-10H2. The smallest absolute Gasteiger partial charge is 0.00839 e. The monoisotopic (exact) mass is 354 g/mol. The van der Waals surface area contributed by atoms with Crippen LogP contribution in [0.2, 0.25) is 0 Å². The van der Waals surface area contributed by atoms with Gasteiger partial charge < -0.3 is 0 Å². The van der Waals surface area contributed by atoms with E-state index in [4.69, 9.17) is 0 Å². The topological polar surface area (TPSA) is 0 Å². The molecule has 0 saturated heterocycles. The summed E-state index contributed by atoms with van der Waals surface area (Å²) in [4.78, 5) is 0. The van der Waals surface area contributed by atoms with Gasteiger partial charge in [-0.15, -0.1) is 0 Å². The number of fused-ring (bicyclic) bond motifs is 18. The normalized spacial score (nSPS) is 70.6. The van der Waals surface area contributed by atoms with Gasteiger partial charge in [0.25, 0.3) is 0 Å². The lowest BCUT2D eigenvalue weighted by atomic mass is 9.70. The van der Waals surface area contributed by atoms with E-state index in [-0.39, 0.29) is 0 Å². The maximum absolute atomic E-state index is 2.59. The summed E-state index contributed by atoms with van der Waals surface area (Å²) in [5, 5.41) is 2.21. The fourth-order valence-corrected chi connectivity index (χ4v) is 13.7. The van der Waals surface area contributed by atoms with Crippen LogP contribution in [0.3, 0.4) is 0 Å². The third-order valence-corrected chi connectivity index (χ3v) is 13.5. The summed E-state index contributed by atoms with van der Waals surface area (Å²) in [6, 6.07) is 0. The van der Waals surface area contributed by atoms with Crippen molar-refractivity contribution in [2.45, 2.75) is 74.7 Å². The molecule has 8 saturated carbocycles. The minimum atomic E-state index is 1.10. The molecule has 0 heterocycles. The first-order valence-electron chi connectivity index (χ1n) is 12.0. The van der Waals surface area contributed by atoms with E-state index in [1.807, 2.05) is 0 Å². The Balaban J connectivity index is 1.03. The molecule has 0 aromatic rings. The molecular formula is C24H34S. The quantitative estimate of drug-likeness (QED) is 0.560. The number of rotatable bonds is 2. The van der Waals surface area contributed by atoms with Crippen molar-refractivity contribution in [1.29, 1.82) is 0 Å². The van der Waals surface area contributed by atoms with Gasteiger partial charge in [0.2, 0.25) is 0 Å². The zero-order valence-corrected chi connectivity index (χ0v) is 16.4. The molecule has 0 nitrogen and oxygen atoms in total. The Morgan fingerprint density at radius 3 is 1.32 bits per heavy atom. The van der Waals surface area contributed by atoms with Gasteiger partial charge in [-0.1, -0.05) is 0 Å². The molecule has 14 unspecified atom stereocenters. The highest BCUT2D eigenvalue weighted by Gasteiger charge is 2.65. The Labute approximate surface area is 157 Å². The molecule has 136 valence electrons. The van der Waals surface area contributed by atoms with Crippen LogP contribution in [0.15, 0.2) is 0 Å². The molecule has 8 aliphatic carbocycles. The van der Waals surface area contributed by atoms with Crippen LogP contribution in [-0.4, -0.2) is 10.5 Å². The summed E-state index contributed by atoms with van der Waals surface area (Å²) < 4.78 is 0. The maximum atomic E-state index is 2.59. The third-order valence-electron chi connectivity index (χ3n) is 11.7. The highest BCUT2D eigenvalue weighted by molar-refractivity contribution is 8.00. The SMILES string of the molecule is C1CC2CC1C1C3CC(SC4CC5CC4C4C6CCC(C6)C54)C(C3)C21. The van der Waals surface area contributed by atoms with Crippen LogP contribution in [-0.2, 0) is 0 Å². The van der Waals surface area contributed by atoms with Crippen molar-refractivity contribution in [3.63, 3.8) is 0 Å². The van der Waals surface area contributed by atoms with E-state index < -0.39 is 0 Å². The van der Waals surface area contributed by atoms with Crippen LogP contribution in [0, 0.1) is 71.0 Å². The van der Waals surface area contributed by atoms with E-state index in [2.05, 4.69) is 11.8 Å². The van der Waals surface area contributed by atoms with Crippen molar-refractivity contribution >= 4 is 11.8 Å². The zero-order valence-electron chi connectivity index (χ0n) is 15.6. The molecule has 0 radical (unpaired) electrons. The second-order valence-corrected chi connectivity index (χ2v) is 13.5. The zero-order chi connectivity index (χ0) is 15.9. The Hall–Kier alpha value is 0.350. The molecule has 0 N–H and O–H groups in total. The van der Waals surface area contributed by atoms with Crippen LogP contribution in [0.25, 0.3) is 0 Å². The van der Waals surface area contributed by atoms with Gasteiger partial charge in [0.1, 0.15) is 0 Å². The van der Waals surface area contributed by atoms with Gasteiger partial charge in [0.15, 0.2) is 0 Å². The van der Waals surface area contributed by atoms with Crippen molar-refractivity contribution in [2.24, 2.45) is 71.0 Å². The predicted molar refractivity (Wildman–Crippen MR) is 103 cm³/mol. The van der Waals surface area contributed by atoms with E-state index >= 15 is 0 Å². The first-order chi connectivity index (χ1) is 12.3. The highest BCUT2D eigenvalue weighted by atomic mass is 32.2. The van der Waals surface area contributed by atoms with Gasteiger partial charge in [-0.3, -0.25) is 0 Å². The maximum Gasteiger partial charge on any atom is 0.00839 e. The average molecular weight is 355 g/mol. The lowest BCUT2D eigenvalue weighted by Crippen LogP contribution is -2.37. The minimum Gasteiger partial charge on any atom is -0.155 e. The van der Waals surface area contributed by atoms with Gasteiger partial charge in [-0.25, -0.2) is 0 Å². The summed E-state index contributed by atoms with van der Waals surface area (Å²) in [5.41, 5.74) is 0. The Bertz CT molecular complexity index is 561. The third kappa shape index (κ3) is 1.63. The molecule has 8 aliphatic rings. The van der Waals surface area contributed by atoms with E-state index in [1.54, 1.807) is 64.2 Å². The van der Waals surface area contributed by atoms with E-state index in [1.165, 1.54) is 71.0 Å². The van der Waals surface area contributed by atoms with Crippen molar-refractivity contribution < 1.29 is 0 Å². The van der Waals surface area contributed by atoms with Gasteiger partial charge in [0, 0.05) is 10.5 Å². The first-order valence-corrected chi connectivity index (χ1v) is 12.9. The van der Waals surface area contributed by atoms with Crippen LogP contribution in [0.5, 0.6) is 0 Å². The fraction of sp³-hybridized carbons (Fsp3) is 1.00. The van der Waals surface area contributed by atoms with Crippen LogP contribution < -0.4 is 0 Å². The van der Waals surface area contributed by atoms with Gasteiger partial charge in [-0.05, 0) is 135 Å². The van der Waals surface area contributed by atoms with Crippen molar-refractivity contribution in [2.75, 3.05) is 0 Å². The van der Waals surface area contributed by atoms with Crippen LogP contribution in [0.1, 0.15) is 64.2 Å². The lowest BCUT2D eigenvalue weighted by molar-refractivity contribution is 0.144. The fourth-order valence-electron chi connectivity index (χ4n) is 11.5. The Morgan fingerprint density at radius 1 is 0.400 bits per heavy atom. The van der Waals surface area contributed by atoms with E-state index in [0.29, 0.717) is 0 Å². The van der Waals surface area contributed by atoms with Gasteiger partial charge >= 0.3 is 0 Å². The van der Waals surface area contributed by atoms with Crippen LogP contribution in [0.4, 0.5) is 0 Å². The number of hydrogen-bond donors (Lipinski definition) is 0. The summed E-state index contributed by atoms with van der Waals surface area (Å²) in [5.74, 6) is 14.3. The Morgan fingerprint density at radius 2 is 0.840 bits per heavy atom. The molecular weight excluding hydrogens is 320 g/mol. The summed E-state index contributed by atoms with van der Waals surface area (Å²) in [6.07, 6.45) is 16.4. The second kappa shape index (κ2) is 4.66. The summed E-state index contributed by atoms with van der Waals surface area (Å²) in [6.45, 7) is 0. The molecule has 0 amide bonds. The summed E-state index contributed by atoms with van der Waals surface area (Å²) in [7, 11) is 0. The molecule has 8 rings (SSSR count). The lowest BCUT2D eigenvalue weighted by Gasteiger charge is -2.42. The summed E-state index contributed by atoms with van der Waals surface area (Å²) >= 11 is 2.59. The van der Waals surface area contributed by atoms with Gasteiger partial charge in [0.05, 0.1) is 0 Å². The Kier molecular flexibility index (Phi) is 2.68. The molecule has 25 heavy (non-hydrogen) atoms. The molecule has 14 atom stereocenters. The molecule has 0 aliphatic heterocycles. The minimum absolute atomic E-state index is 1.10. The predicted octanol–water partition coefficient (Wildman–Crippen LogP) is 5.86. The molecule has 0 aromatic carbocycles. The van der Waals surface area contributed by atoms with Crippen molar-refractivity contribution in [1.82, 2.24) is 0 Å². The van der Waals surface area contributed by atoms with Crippen molar-refractivity contribution in [3.05, 3.63) is 0 Å². The largest absolute Gasteiger partial charge is 0.155 e. The molecule has 8 bridgehead atoms. The highest BCUT2D eigenvalue weighted by Crippen LogP contribution is 2.72. The molecule has 8 fully saturated rings. The second-order valence-electron chi connectivity index (χ2n) is 12.0. The molecule has 1 heteroatoms. The average Bonchev–Trinajstić information content (AvgIpc) is 3.47. The van der Waals surface area contributed by atoms with Crippen LogP contribution >= 0.6 is 11.8 Å².